The van der Waals surface area contributed by atoms with Crippen LogP contribution in [0.2, 0.25) is 0 Å². The Bertz CT molecular complexity index is 495. The summed E-state index contributed by atoms with van der Waals surface area (Å²) in [4.78, 5) is 0. The van der Waals surface area contributed by atoms with Crippen LogP contribution in [0.3, 0.4) is 0 Å². The van der Waals surface area contributed by atoms with Gasteiger partial charge in [0.15, 0.2) is 0 Å². The maximum Gasteiger partial charge on any atom is 0.0964 e. The van der Waals surface area contributed by atoms with Crippen molar-refractivity contribution in [2.45, 2.75) is 70.5 Å². The van der Waals surface area contributed by atoms with E-state index < -0.39 is 0 Å². The van der Waals surface area contributed by atoms with Gasteiger partial charge >= 0.3 is 0 Å². The van der Waals surface area contributed by atoms with E-state index in [0.717, 1.165) is 42.6 Å². The first-order chi connectivity index (χ1) is 10.3. The number of nitrogens with one attached hydrogen (secondary N) is 1. The number of hydrogen-bond acceptors (Lipinski definition) is 3. The molecule has 0 aliphatic heterocycles. The zero-order valence-electron chi connectivity index (χ0n) is 12.8. The largest absolute Gasteiger partial charge is 0.308 e. The van der Waals surface area contributed by atoms with Crippen molar-refractivity contribution in [3.63, 3.8) is 0 Å². The second-order valence-electron chi connectivity index (χ2n) is 8.48. The van der Waals surface area contributed by atoms with Gasteiger partial charge in [-0.2, -0.15) is 0 Å². The molecule has 0 atom stereocenters. The van der Waals surface area contributed by atoms with Gasteiger partial charge in [0.2, 0.25) is 0 Å². The van der Waals surface area contributed by atoms with Crippen molar-refractivity contribution < 1.29 is 0 Å². The van der Waals surface area contributed by atoms with Crippen molar-refractivity contribution in [3.8, 4) is 0 Å². The molecule has 5 saturated carbocycles. The Balaban J connectivity index is 1.28. The van der Waals surface area contributed by atoms with Crippen LogP contribution in [0.4, 0.5) is 0 Å². The average molecular weight is 286 g/mol. The van der Waals surface area contributed by atoms with E-state index in [2.05, 4.69) is 26.5 Å². The molecule has 6 rings (SSSR count). The zero-order valence-corrected chi connectivity index (χ0v) is 12.8. The molecule has 0 aromatic carbocycles. The van der Waals surface area contributed by atoms with Crippen LogP contribution in [0.1, 0.15) is 57.1 Å². The second kappa shape index (κ2) is 4.55. The first-order valence-corrected chi connectivity index (χ1v) is 8.89. The van der Waals surface area contributed by atoms with Crippen molar-refractivity contribution in [3.05, 3.63) is 11.9 Å². The maximum atomic E-state index is 4.42. The predicted octanol–water partition coefficient (Wildman–Crippen LogP) is 2.75. The first kappa shape index (κ1) is 12.6. The van der Waals surface area contributed by atoms with Gasteiger partial charge in [0, 0.05) is 25.3 Å². The van der Waals surface area contributed by atoms with E-state index in [0.29, 0.717) is 5.41 Å². The summed E-state index contributed by atoms with van der Waals surface area (Å²) >= 11 is 0. The van der Waals surface area contributed by atoms with E-state index in [-0.39, 0.29) is 0 Å². The number of nitrogens with zero attached hydrogens (tertiary/aromatic N) is 3. The van der Waals surface area contributed by atoms with E-state index in [1.807, 2.05) is 0 Å². The van der Waals surface area contributed by atoms with Gasteiger partial charge in [0.1, 0.15) is 0 Å². The summed E-state index contributed by atoms with van der Waals surface area (Å²) in [6, 6.07) is 0.748. The third-order valence-electron chi connectivity index (χ3n) is 6.40. The van der Waals surface area contributed by atoms with E-state index in [9.17, 15) is 0 Å². The van der Waals surface area contributed by atoms with Gasteiger partial charge in [0.25, 0.3) is 0 Å². The topological polar surface area (TPSA) is 42.7 Å². The Morgan fingerprint density at radius 3 is 2.38 bits per heavy atom. The molecule has 4 bridgehead atoms. The molecule has 0 amide bonds. The molecular weight excluding hydrogens is 260 g/mol. The molecule has 1 aromatic rings. The van der Waals surface area contributed by atoms with Gasteiger partial charge in [-0.3, -0.25) is 4.68 Å². The Labute approximate surface area is 126 Å². The Kier molecular flexibility index (Phi) is 2.73. The van der Waals surface area contributed by atoms with Crippen LogP contribution in [-0.2, 0) is 13.1 Å². The van der Waals surface area contributed by atoms with Crippen LogP contribution in [0, 0.1) is 23.2 Å². The predicted molar refractivity (Wildman–Crippen MR) is 80.5 cm³/mol. The monoisotopic (exact) mass is 286 g/mol. The van der Waals surface area contributed by atoms with Crippen molar-refractivity contribution in [1.29, 1.82) is 0 Å². The molecule has 1 aromatic heterocycles. The molecule has 5 aliphatic rings. The molecular formula is C17H26N4. The summed E-state index contributed by atoms with van der Waals surface area (Å²) in [5.74, 6) is 3.07. The summed E-state index contributed by atoms with van der Waals surface area (Å²) in [5, 5.41) is 12.3. The van der Waals surface area contributed by atoms with Crippen molar-refractivity contribution >= 4 is 0 Å². The van der Waals surface area contributed by atoms with E-state index in [1.54, 1.807) is 0 Å². The van der Waals surface area contributed by atoms with Crippen LogP contribution in [-0.4, -0.2) is 21.0 Å². The summed E-state index contributed by atoms with van der Waals surface area (Å²) in [7, 11) is 0. The van der Waals surface area contributed by atoms with Gasteiger partial charge < -0.3 is 5.32 Å². The molecule has 4 nitrogen and oxygen atoms in total. The van der Waals surface area contributed by atoms with Gasteiger partial charge in [-0.25, -0.2) is 0 Å². The molecule has 21 heavy (non-hydrogen) atoms. The summed E-state index contributed by atoms with van der Waals surface area (Å²) < 4.78 is 2.15. The van der Waals surface area contributed by atoms with Gasteiger partial charge in [-0.05, 0) is 74.5 Å². The van der Waals surface area contributed by atoms with Gasteiger partial charge in [-0.1, -0.05) is 5.21 Å². The molecule has 0 spiro atoms. The number of hydrogen-bond donors (Lipinski definition) is 1. The van der Waals surface area contributed by atoms with Crippen molar-refractivity contribution in [1.82, 2.24) is 20.3 Å². The highest BCUT2D eigenvalue weighted by Gasteiger charge is 2.51. The minimum absolute atomic E-state index is 0.559. The molecule has 114 valence electrons. The van der Waals surface area contributed by atoms with Crippen LogP contribution in [0.5, 0.6) is 0 Å². The van der Waals surface area contributed by atoms with Crippen LogP contribution >= 0.6 is 0 Å². The Hall–Kier alpha value is -0.900. The van der Waals surface area contributed by atoms with E-state index >= 15 is 0 Å². The minimum Gasteiger partial charge on any atom is -0.308 e. The molecule has 1 N–H and O–H groups in total. The van der Waals surface area contributed by atoms with Crippen molar-refractivity contribution in [2.24, 2.45) is 23.2 Å². The smallest absolute Gasteiger partial charge is 0.0964 e. The fraction of sp³-hybridized carbons (Fsp3) is 0.882. The van der Waals surface area contributed by atoms with Crippen LogP contribution < -0.4 is 5.32 Å². The molecule has 0 radical (unpaired) electrons. The van der Waals surface area contributed by atoms with E-state index in [4.69, 9.17) is 0 Å². The first-order valence-electron chi connectivity index (χ1n) is 8.89. The van der Waals surface area contributed by atoms with E-state index in [1.165, 1.54) is 51.4 Å². The fourth-order valence-electron chi connectivity index (χ4n) is 5.86. The minimum atomic E-state index is 0.559. The quantitative estimate of drug-likeness (QED) is 0.905. The highest BCUT2D eigenvalue weighted by atomic mass is 15.4. The number of aromatic nitrogens is 3. The van der Waals surface area contributed by atoms with Crippen LogP contribution in [0.15, 0.2) is 6.20 Å². The standard InChI is InChI=1S/C17H26N4/c1-2-15(1)18-9-16-10-21(20-19-16)11-17-6-12-3-13(7-17)5-14(4-12)8-17/h10,12-15,18H,1-9,11H2. The molecule has 4 heteroatoms. The lowest BCUT2D eigenvalue weighted by molar-refractivity contribution is -0.0637. The molecule has 0 saturated heterocycles. The highest BCUT2D eigenvalue weighted by Crippen LogP contribution is 2.60. The van der Waals surface area contributed by atoms with Gasteiger partial charge in [-0.15, -0.1) is 5.10 Å². The highest BCUT2D eigenvalue weighted by molar-refractivity contribution is 5.02. The van der Waals surface area contributed by atoms with Gasteiger partial charge in [0.05, 0.1) is 5.69 Å². The number of rotatable bonds is 5. The molecule has 1 heterocycles. The normalized spacial score (nSPS) is 40.9. The SMILES string of the molecule is c1c(CNC2CC2)nnn1CC12CC3CC(CC(C3)C1)C2. The second-order valence-corrected chi connectivity index (χ2v) is 8.48. The Morgan fingerprint density at radius 1 is 1.10 bits per heavy atom. The lowest BCUT2D eigenvalue weighted by atomic mass is 9.49. The molecule has 0 unspecified atom stereocenters. The van der Waals surface area contributed by atoms with Crippen LogP contribution in [0.25, 0.3) is 0 Å². The fourth-order valence-corrected chi connectivity index (χ4v) is 5.86. The third-order valence-corrected chi connectivity index (χ3v) is 6.40. The zero-order chi connectivity index (χ0) is 13.9. The van der Waals surface area contributed by atoms with Crippen molar-refractivity contribution in [2.75, 3.05) is 0 Å². The average Bonchev–Trinajstić information content (AvgIpc) is 3.15. The molecule has 5 fully saturated rings. The Morgan fingerprint density at radius 2 is 1.76 bits per heavy atom. The lowest BCUT2D eigenvalue weighted by Gasteiger charge is -2.56. The summed E-state index contributed by atoms with van der Waals surface area (Å²) in [6.07, 6.45) is 13.8. The summed E-state index contributed by atoms with van der Waals surface area (Å²) in [5.41, 5.74) is 1.68. The third kappa shape index (κ3) is 2.41. The molecule has 5 aliphatic carbocycles. The lowest BCUT2D eigenvalue weighted by Crippen LogP contribution is -2.48. The maximum absolute atomic E-state index is 4.42. The summed E-state index contributed by atoms with van der Waals surface area (Å²) in [6.45, 7) is 2.01.